The Hall–Kier alpha value is -2.20. The van der Waals surface area contributed by atoms with Gasteiger partial charge in [-0.3, -0.25) is 4.79 Å². The molecule has 0 unspecified atom stereocenters. The summed E-state index contributed by atoms with van der Waals surface area (Å²) in [6.07, 6.45) is 9.25. The van der Waals surface area contributed by atoms with Crippen LogP contribution in [-0.4, -0.2) is 34.8 Å². The minimum atomic E-state index is -0.781. The Morgan fingerprint density at radius 1 is 1.14 bits per heavy atom. The maximum absolute atomic E-state index is 11.1. The molecule has 1 aromatic rings. The van der Waals surface area contributed by atoms with Crippen LogP contribution in [0.1, 0.15) is 45.1 Å². The van der Waals surface area contributed by atoms with Gasteiger partial charge in [-0.2, -0.15) is 0 Å². The largest absolute Gasteiger partial charge is 0.481 e. The second kappa shape index (κ2) is 13.9. The van der Waals surface area contributed by atoms with Gasteiger partial charge in [-0.15, -0.1) is 11.8 Å². The first-order chi connectivity index (χ1) is 13.5. The van der Waals surface area contributed by atoms with Crippen molar-refractivity contribution in [3.05, 3.63) is 77.4 Å². The average molecular weight is 400 g/mol. The van der Waals surface area contributed by atoms with Crippen molar-refractivity contribution >= 4 is 23.8 Å². The highest BCUT2D eigenvalue weighted by molar-refractivity contribution is 8.03. The lowest BCUT2D eigenvalue weighted by molar-refractivity contribution is -0.137. The number of hydrogen-bond donors (Lipinski definition) is 1. The third kappa shape index (κ3) is 9.14. The average Bonchev–Trinajstić information content (AvgIpc) is 2.68. The summed E-state index contributed by atoms with van der Waals surface area (Å²) >= 11 is 1.80. The zero-order chi connectivity index (χ0) is 20.8. The Morgan fingerprint density at radius 3 is 2.43 bits per heavy atom. The first-order valence-corrected chi connectivity index (χ1v) is 10.9. The van der Waals surface area contributed by atoms with Crippen LogP contribution >= 0.6 is 11.8 Å². The maximum Gasteiger partial charge on any atom is 0.305 e. The predicted molar refractivity (Wildman–Crippen MR) is 123 cm³/mol. The van der Waals surface area contributed by atoms with Crippen LogP contribution in [0.2, 0.25) is 0 Å². The van der Waals surface area contributed by atoms with Gasteiger partial charge in [0, 0.05) is 24.5 Å². The number of carboxylic acid groups (broad SMARTS) is 1. The molecule has 0 aliphatic carbocycles. The lowest BCUT2D eigenvalue weighted by Gasteiger charge is -2.28. The zero-order valence-electron chi connectivity index (χ0n) is 17.2. The van der Waals surface area contributed by atoms with Gasteiger partial charge in [0.1, 0.15) is 0 Å². The van der Waals surface area contributed by atoms with Crippen LogP contribution in [0.25, 0.3) is 6.08 Å². The maximum atomic E-state index is 11.1. The highest BCUT2D eigenvalue weighted by Crippen LogP contribution is 2.28. The monoisotopic (exact) mass is 399 g/mol. The number of nitrogens with zero attached hydrogens (tertiary/aromatic N) is 1. The van der Waals surface area contributed by atoms with Gasteiger partial charge in [0.2, 0.25) is 0 Å². The molecule has 0 heterocycles. The summed E-state index contributed by atoms with van der Waals surface area (Å²) in [5.41, 5.74) is 3.16. The standard InChI is InChI=1S/C24H33NO2S/c1-5-11-23(12-6-2)28-19-22(18-21-13-9-8-10-14-21)20(4)25(16-7-3)17-15-24(26)27/h5,8-11,13-14,18H,1,4,6-7,12,15-17,19H2,2-3H3,(H,26,27)/b22-18+,23-11+. The summed E-state index contributed by atoms with van der Waals surface area (Å²) in [7, 11) is 0. The molecule has 1 aromatic carbocycles. The highest BCUT2D eigenvalue weighted by Gasteiger charge is 2.14. The van der Waals surface area contributed by atoms with Crippen LogP contribution in [-0.2, 0) is 4.79 Å². The van der Waals surface area contributed by atoms with Gasteiger partial charge < -0.3 is 10.0 Å². The van der Waals surface area contributed by atoms with Gasteiger partial charge in [-0.1, -0.05) is 75.9 Å². The Kier molecular flexibility index (Phi) is 11.8. The molecule has 0 atom stereocenters. The minimum absolute atomic E-state index is 0.113. The molecule has 0 spiro atoms. The number of thioether (sulfide) groups is 1. The molecule has 1 rings (SSSR count). The lowest BCUT2D eigenvalue weighted by atomic mass is 10.1. The van der Waals surface area contributed by atoms with Crippen LogP contribution in [0.15, 0.2) is 71.8 Å². The van der Waals surface area contributed by atoms with Crippen molar-refractivity contribution in [1.29, 1.82) is 0 Å². The smallest absolute Gasteiger partial charge is 0.305 e. The molecule has 0 aromatic heterocycles. The lowest BCUT2D eigenvalue weighted by Crippen LogP contribution is -2.27. The van der Waals surface area contributed by atoms with Crippen LogP contribution in [0, 0.1) is 0 Å². The van der Waals surface area contributed by atoms with Gasteiger partial charge in [-0.25, -0.2) is 0 Å². The molecule has 0 aliphatic rings. The van der Waals surface area contributed by atoms with Crippen molar-refractivity contribution in [2.45, 2.75) is 39.5 Å². The van der Waals surface area contributed by atoms with Gasteiger partial charge in [0.05, 0.1) is 6.42 Å². The first kappa shape index (κ1) is 23.8. The first-order valence-electron chi connectivity index (χ1n) is 9.87. The highest BCUT2D eigenvalue weighted by atomic mass is 32.2. The van der Waals surface area contributed by atoms with E-state index in [1.54, 1.807) is 11.8 Å². The zero-order valence-corrected chi connectivity index (χ0v) is 18.0. The van der Waals surface area contributed by atoms with Crippen LogP contribution < -0.4 is 0 Å². The molecule has 1 N–H and O–H groups in total. The van der Waals surface area contributed by atoms with Gasteiger partial charge in [-0.05, 0) is 35.0 Å². The van der Waals surface area contributed by atoms with Crippen LogP contribution in [0.3, 0.4) is 0 Å². The molecule has 0 saturated carbocycles. The van der Waals surface area contributed by atoms with Gasteiger partial charge >= 0.3 is 5.97 Å². The SMILES string of the molecule is C=C/C=C(\CCC)SC/C(=C\c1ccccc1)C(=C)N(CCC)CCC(=O)O. The van der Waals surface area contributed by atoms with E-state index in [1.807, 2.05) is 24.3 Å². The normalized spacial score (nSPS) is 11.9. The Bertz CT molecular complexity index is 692. The van der Waals surface area contributed by atoms with E-state index in [0.29, 0.717) is 6.54 Å². The third-order valence-corrected chi connectivity index (χ3v) is 5.36. The van der Waals surface area contributed by atoms with Crippen molar-refractivity contribution in [2.75, 3.05) is 18.8 Å². The summed E-state index contributed by atoms with van der Waals surface area (Å²) < 4.78 is 0. The molecule has 0 fully saturated rings. The molecule has 0 aliphatic heterocycles. The second-order valence-corrected chi connectivity index (χ2v) is 7.67. The van der Waals surface area contributed by atoms with Crippen LogP contribution in [0.4, 0.5) is 0 Å². The number of hydrogen-bond acceptors (Lipinski definition) is 3. The fraction of sp³-hybridized carbons (Fsp3) is 0.375. The molecule has 0 saturated heterocycles. The molecule has 0 radical (unpaired) electrons. The number of rotatable bonds is 14. The second-order valence-electron chi connectivity index (χ2n) is 6.57. The molecule has 152 valence electrons. The molecule has 28 heavy (non-hydrogen) atoms. The van der Waals surface area contributed by atoms with E-state index in [9.17, 15) is 4.79 Å². The fourth-order valence-corrected chi connectivity index (χ4v) is 3.93. The van der Waals surface area contributed by atoms with Crippen LogP contribution in [0.5, 0.6) is 0 Å². The number of benzene rings is 1. The number of carbonyl (C=O) groups is 1. The Balaban J connectivity index is 3.08. The summed E-state index contributed by atoms with van der Waals surface area (Å²) in [5, 5.41) is 9.09. The van der Waals surface area contributed by atoms with E-state index >= 15 is 0 Å². The summed E-state index contributed by atoms with van der Waals surface area (Å²) in [5.74, 6) is 0.0109. The van der Waals surface area contributed by atoms with Gasteiger partial charge in [0.15, 0.2) is 0 Å². The van der Waals surface area contributed by atoms with Crippen molar-refractivity contribution in [2.24, 2.45) is 0 Å². The number of aliphatic carboxylic acids is 1. The molecule has 0 bridgehead atoms. The number of allylic oxidation sites excluding steroid dienone is 4. The minimum Gasteiger partial charge on any atom is -0.481 e. The molecule has 0 amide bonds. The van der Waals surface area contributed by atoms with Crippen molar-refractivity contribution in [1.82, 2.24) is 4.90 Å². The summed E-state index contributed by atoms with van der Waals surface area (Å²) in [6, 6.07) is 10.2. The topological polar surface area (TPSA) is 40.5 Å². The van der Waals surface area contributed by atoms with E-state index < -0.39 is 5.97 Å². The fourth-order valence-electron chi connectivity index (χ4n) is 2.80. The summed E-state index contributed by atoms with van der Waals surface area (Å²) in [4.78, 5) is 14.5. The Labute approximate surface area is 174 Å². The Morgan fingerprint density at radius 2 is 1.86 bits per heavy atom. The quantitative estimate of drug-likeness (QED) is 0.369. The predicted octanol–water partition coefficient (Wildman–Crippen LogP) is 6.37. The van der Waals surface area contributed by atoms with E-state index in [2.05, 4.69) is 56.2 Å². The van der Waals surface area contributed by atoms with E-state index in [0.717, 1.165) is 48.4 Å². The van der Waals surface area contributed by atoms with Crippen molar-refractivity contribution in [3.63, 3.8) is 0 Å². The molecular weight excluding hydrogens is 366 g/mol. The third-order valence-electron chi connectivity index (χ3n) is 4.20. The van der Waals surface area contributed by atoms with Gasteiger partial charge in [0.25, 0.3) is 0 Å². The van der Waals surface area contributed by atoms with Crippen molar-refractivity contribution < 1.29 is 9.90 Å². The van der Waals surface area contributed by atoms with E-state index in [1.165, 1.54) is 4.91 Å². The molecule has 4 heteroatoms. The van der Waals surface area contributed by atoms with E-state index in [4.69, 9.17) is 5.11 Å². The molecular formula is C24H33NO2S. The number of carboxylic acids is 1. The summed E-state index contributed by atoms with van der Waals surface area (Å²) in [6.45, 7) is 13.7. The van der Waals surface area contributed by atoms with E-state index in [-0.39, 0.29) is 6.42 Å². The van der Waals surface area contributed by atoms with Crippen molar-refractivity contribution in [3.8, 4) is 0 Å². The molecule has 3 nitrogen and oxygen atoms in total.